The van der Waals surface area contributed by atoms with Gasteiger partial charge in [0.2, 0.25) is 5.76 Å². The van der Waals surface area contributed by atoms with Crippen LogP contribution in [0.1, 0.15) is 28.8 Å². The van der Waals surface area contributed by atoms with Gasteiger partial charge in [-0.25, -0.2) is 0 Å². The van der Waals surface area contributed by atoms with E-state index in [2.05, 4.69) is 4.42 Å². The largest absolute Gasteiger partial charge is 0.453 e. The lowest BCUT2D eigenvalue weighted by Gasteiger charge is -2.03. The molecule has 6 heteroatoms. The Morgan fingerprint density at radius 1 is 1.57 bits per heavy atom. The molecule has 1 aromatic rings. The molecule has 0 spiro atoms. The number of rotatable bonds is 2. The predicted octanol–water partition coefficient (Wildman–Crippen LogP) is 1.99. The van der Waals surface area contributed by atoms with Gasteiger partial charge in [0, 0.05) is 0 Å². The zero-order valence-electron chi connectivity index (χ0n) is 7.18. The van der Waals surface area contributed by atoms with Gasteiger partial charge in [-0.15, -0.1) is 0 Å². The molecule has 0 saturated heterocycles. The highest BCUT2D eigenvalue weighted by molar-refractivity contribution is 5.95. The number of Topliss-reactive ketones (excluding diaryl/α,β-unsaturated/α-hetero) is 1. The van der Waals surface area contributed by atoms with E-state index in [-0.39, 0.29) is 5.76 Å². The molecule has 0 aliphatic heterocycles. The molecule has 78 valence electrons. The topological polar surface area (TPSA) is 50.4 Å². The quantitative estimate of drug-likeness (QED) is 0.756. The Kier molecular flexibility index (Phi) is 2.66. The maximum absolute atomic E-state index is 12.2. The molecule has 1 heterocycles. The summed E-state index contributed by atoms with van der Waals surface area (Å²) < 4.78 is 41.0. The molecule has 0 aliphatic rings. The van der Waals surface area contributed by atoms with Crippen molar-refractivity contribution in [2.24, 2.45) is 0 Å². The van der Waals surface area contributed by atoms with Crippen LogP contribution in [0.5, 0.6) is 0 Å². The second-order valence-electron chi connectivity index (χ2n) is 2.67. The minimum atomic E-state index is -4.71. The second kappa shape index (κ2) is 3.45. The molecule has 0 fully saturated rings. The molecule has 0 unspecified atom stereocenters. The number of halogens is 3. The summed E-state index contributed by atoms with van der Waals surface area (Å²) in [7, 11) is 0. The first-order valence-electron chi connectivity index (χ1n) is 3.68. The molecule has 0 bridgehead atoms. The van der Waals surface area contributed by atoms with E-state index < -0.39 is 29.9 Å². The Labute approximate surface area is 77.1 Å². The van der Waals surface area contributed by atoms with Gasteiger partial charge in [0.05, 0.1) is 5.56 Å². The number of hydrogen-bond acceptors (Lipinski definition) is 3. The van der Waals surface area contributed by atoms with Gasteiger partial charge in [0.15, 0.2) is 5.78 Å². The fraction of sp³-hybridized carbons (Fsp3) is 0.375. The van der Waals surface area contributed by atoms with Crippen LogP contribution in [0.2, 0.25) is 0 Å². The van der Waals surface area contributed by atoms with Gasteiger partial charge < -0.3 is 9.52 Å². The third-order valence-electron chi connectivity index (χ3n) is 1.58. The van der Waals surface area contributed by atoms with Crippen molar-refractivity contribution in [2.45, 2.75) is 19.7 Å². The van der Waals surface area contributed by atoms with E-state index in [4.69, 9.17) is 5.11 Å². The van der Waals surface area contributed by atoms with E-state index in [1.54, 1.807) is 0 Å². The highest BCUT2D eigenvalue weighted by Crippen LogP contribution is 2.34. The average molecular weight is 208 g/mol. The summed E-state index contributed by atoms with van der Waals surface area (Å²) in [5.41, 5.74) is -0.554. The Bertz CT molecular complexity index is 351. The molecule has 1 rings (SSSR count). The first kappa shape index (κ1) is 10.8. The molecular weight excluding hydrogens is 201 g/mol. The van der Waals surface area contributed by atoms with Crippen LogP contribution in [-0.4, -0.2) is 10.9 Å². The SMILES string of the molecule is CC(=O)c1cc(CO)oc1C(F)(F)F. The van der Waals surface area contributed by atoms with Crippen LogP contribution in [-0.2, 0) is 12.8 Å². The molecule has 14 heavy (non-hydrogen) atoms. The highest BCUT2D eigenvalue weighted by Gasteiger charge is 2.39. The lowest BCUT2D eigenvalue weighted by atomic mass is 10.1. The van der Waals surface area contributed by atoms with Crippen molar-refractivity contribution in [3.05, 3.63) is 23.2 Å². The number of hydrogen-bond donors (Lipinski definition) is 1. The van der Waals surface area contributed by atoms with Crippen molar-refractivity contribution in [1.82, 2.24) is 0 Å². The Hall–Kier alpha value is -1.30. The van der Waals surface area contributed by atoms with E-state index >= 15 is 0 Å². The van der Waals surface area contributed by atoms with Crippen LogP contribution in [0, 0.1) is 0 Å². The standard InChI is InChI=1S/C8H7F3O3/c1-4(13)6-2-5(3-12)14-7(6)8(9,10)11/h2,12H,3H2,1H3. The van der Waals surface area contributed by atoms with Crippen LogP contribution in [0.4, 0.5) is 13.2 Å². The lowest BCUT2D eigenvalue weighted by Crippen LogP contribution is -2.08. The van der Waals surface area contributed by atoms with Gasteiger partial charge in [-0.1, -0.05) is 0 Å². The summed E-state index contributed by atoms with van der Waals surface area (Å²) in [6.45, 7) is 0.331. The van der Waals surface area contributed by atoms with E-state index in [0.717, 1.165) is 13.0 Å². The van der Waals surface area contributed by atoms with Crippen molar-refractivity contribution in [1.29, 1.82) is 0 Å². The Balaban J connectivity index is 3.26. The number of carbonyl (C=O) groups is 1. The van der Waals surface area contributed by atoms with Crippen molar-refractivity contribution in [3.63, 3.8) is 0 Å². The smallest absolute Gasteiger partial charge is 0.450 e. The van der Waals surface area contributed by atoms with Gasteiger partial charge in [-0.2, -0.15) is 13.2 Å². The third kappa shape index (κ3) is 1.95. The number of aliphatic hydroxyl groups is 1. The maximum atomic E-state index is 12.2. The van der Waals surface area contributed by atoms with Gasteiger partial charge >= 0.3 is 6.18 Å². The summed E-state index contributed by atoms with van der Waals surface area (Å²) in [4.78, 5) is 10.8. The van der Waals surface area contributed by atoms with Gasteiger partial charge in [-0.3, -0.25) is 4.79 Å². The molecule has 0 amide bonds. The molecular formula is C8H7F3O3. The van der Waals surface area contributed by atoms with Crippen molar-refractivity contribution >= 4 is 5.78 Å². The van der Waals surface area contributed by atoms with Crippen molar-refractivity contribution in [2.75, 3.05) is 0 Å². The number of furan rings is 1. The molecule has 0 saturated carbocycles. The number of alkyl halides is 3. The average Bonchev–Trinajstić information content (AvgIpc) is 2.46. The lowest BCUT2D eigenvalue weighted by molar-refractivity contribution is -0.154. The number of aliphatic hydroxyl groups excluding tert-OH is 1. The molecule has 0 aromatic carbocycles. The van der Waals surface area contributed by atoms with E-state index in [9.17, 15) is 18.0 Å². The summed E-state index contributed by atoms with van der Waals surface area (Å²) in [5.74, 6) is -2.38. The Morgan fingerprint density at radius 3 is 2.43 bits per heavy atom. The zero-order valence-corrected chi connectivity index (χ0v) is 7.18. The Morgan fingerprint density at radius 2 is 2.14 bits per heavy atom. The zero-order chi connectivity index (χ0) is 10.9. The van der Waals surface area contributed by atoms with E-state index in [0.29, 0.717) is 0 Å². The predicted molar refractivity (Wildman–Crippen MR) is 39.6 cm³/mol. The monoisotopic (exact) mass is 208 g/mol. The highest BCUT2D eigenvalue weighted by atomic mass is 19.4. The number of carbonyl (C=O) groups excluding carboxylic acids is 1. The van der Waals surface area contributed by atoms with Gasteiger partial charge in [-0.05, 0) is 13.0 Å². The van der Waals surface area contributed by atoms with Crippen molar-refractivity contribution in [3.8, 4) is 0 Å². The van der Waals surface area contributed by atoms with Crippen LogP contribution in [0.3, 0.4) is 0 Å². The van der Waals surface area contributed by atoms with Crippen LogP contribution in [0.15, 0.2) is 10.5 Å². The van der Waals surface area contributed by atoms with Crippen molar-refractivity contribution < 1.29 is 27.5 Å². The molecule has 1 aromatic heterocycles. The maximum Gasteiger partial charge on any atom is 0.450 e. The van der Waals surface area contributed by atoms with E-state index in [1.165, 1.54) is 0 Å². The third-order valence-corrected chi connectivity index (χ3v) is 1.58. The first-order valence-corrected chi connectivity index (χ1v) is 3.68. The summed E-state index contributed by atoms with van der Waals surface area (Å²) in [6, 6.07) is 0.894. The van der Waals surface area contributed by atoms with Crippen LogP contribution >= 0.6 is 0 Å². The summed E-state index contributed by atoms with van der Waals surface area (Å²) in [6.07, 6.45) is -4.71. The number of ketones is 1. The second-order valence-corrected chi connectivity index (χ2v) is 2.67. The van der Waals surface area contributed by atoms with Gasteiger partial charge in [0.25, 0.3) is 0 Å². The molecule has 0 atom stereocenters. The molecule has 0 aliphatic carbocycles. The molecule has 3 nitrogen and oxygen atoms in total. The van der Waals surface area contributed by atoms with E-state index in [1.807, 2.05) is 0 Å². The molecule has 1 N–H and O–H groups in total. The fourth-order valence-corrected chi connectivity index (χ4v) is 0.992. The summed E-state index contributed by atoms with van der Waals surface area (Å²) >= 11 is 0. The normalized spacial score (nSPS) is 11.8. The minimum absolute atomic E-state index is 0.275. The summed E-state index contributed by atoms with van der Waals surface area (Å²) in [5, 5.41) is 8.55. The fourth-order valence-electron chi connectivity index (χ4n) is 0.992. The minimum Gasteiger partial charge on any atom is -0.453 e. The molecule has 0 radical (unpaired) electrons. The van der Waals surface area contributed by atoms with Crippen LogP contribution in [0.25, 0.3) is 0 Å². The van der Waals surface area contributed by atoms with Gasteiger partial charge in [0.1, 0.15) is 12.4 Å². The first-order chi connectivity index (χ1) is 6.36. The van der Waals surface area contributed by atoms with Crippen LogP contribution < -0.4 is 0 Å².